The molecule has 0 saturated heterocycles. The number of nitrogens with zero attached hydrogens (tertiary/aromatic N) is 2. The summed E-state index contributed by atoms with van der Waals surface area (Å²) in [6.45, 7) is 0.789. The van der Waals surface area contributed by atoms with E-state index in [0.29, 0.717) is 17.0 Å². The zero-order valence-corrected chi connectivity index (χ0v) is 18.9. The average molecular weight is 478 g/mol. The van der Waals surface area contributed by atoms with Crippen LogP contribution in [-0.2, 0) is 6.42 Å². The smallest absolute Gasteiger partial charge is 0.252 e. The van der Waals surface area contributed by atoms with Crippen molar-refractivity contribution >= 4 is 5.91 Å². The number of aliphatic hydroxyl groups excluding tert-OH is 1. The monoisotopic (exact) mass is 478 g/mol. The van der Waals surface area contributed by atoms with Crippen molar-refractivity contribution in [2.75, 3.05) is 6.61 Å². The lowest BCUT2D eigenvalue weighted by atomic mass is 9.92. The van der Waals surface area contributed by atoms with E-state index in [1.807, 2.05) is 0 Å². The predicted octanol–water partition coefficient (Wildman–Crippen LogP) is 3.50. The van der Waals surface area contributed by atoms with Gasteiger partial charge in [-0.3, -0.25) is 14.9 Å². The lowest BCUT2D eigenvalue weighted by Gasteiger charge is -2.32. The number of carbonyl (C=O) groups excluding carboxylic acids is 1. The lowest BCUT2D eigenvalue weighted by molar-refractivity contribution is -0.0277. The Morgan fingerprint density at radius 2 is 1.89 bits per heavy atom. The molecule has 0 fully saturated rings. The Labute approximate surface area is 200 Å². The second kappa shape index (κ2) is 10.1. The zero-order chi connectivity index (χ0) is 25.0. The van der Waals surface area contributed by atoms with Crippen molar-refractivity contribution in [2.24, 2.45) is 0 Å². The van der Waals surface area contributed by atoms with Crippen LogP contribution >= 0.6 is 0 Å². The number of aromatic amines is 1. The number of benzene rings is 2. The molecule has 9 heteroatoms. The van der Waals surface area contributed by atoms with Gasteiger partial charge in [-0.25, -0.2) is 8.78 Å². The van der Waals surface area contributed by atoms with Crippen LogP contribution < -0.4 is 5.32 Å². The number of nitrogens with one attached hydrogen (secondary N) is 2. The molecule has 4 rings (SSSR count). The van der Waals surface area contributed by atoms with Crippen LogP contribution in [0, 0.1) is 11.6 Å². The van der Waals surface area contributed by atoms with Crippen LogP contribution in [0.25, 0.3) is 22.5 Å². The predicted molar refractivity (Wildman–Crippen MR) is 126 cm³/mol. The second-order valence-corrected chi connectivity index (χ2v) is 8.40. The van der Waals surface area contributed by atoms with Crippen LogP contribution in [0.4, 0.5) is 8.78 Å². The molecule has 4 aromatic rings. The first kappa shape index (κ1) is 24.2. The largest absolute Gasteiger partial charge is 0.393 e. The molecule has 2 atom stereocenters. The number of hydrogen-bond acceptors (Lipinski definition) is 5. The van der Waals surface area contributed by atoms with Gasteiger partial charge >= 0.3 is 0 Å². The van der Waals surface area contributed by atoms with Gasteiger partial charge in [-0.05, 0) is 67.1 Å². The molecule has 2 aromatic carbocycles. The van der Waals surface area contributed by atoms with Gasteiger partial charge in [0.05, 0.1) is 35.2 Å². The van der Waals surface area contributed by atoms with E-state index in [9.17, 15) is 23.8 Å². The van der Waals surface area contributed by atoms with Crippen molar-refractivity contribution in [3.63, 3.8) is 0 Å². The topological polar surface area (TPSA) is 111 Å². The molecule has 0 unspecified atom stereocenters. The molecule has 0 aliphatic heterocycles. The van der Waals surface area contributed by atoms with Crippen LogP contribution in [0.5, 0.6) is 0 Å². The molecule has 0 aliphatic rings. The van der Waals surface area contributed by atoms with E-state index in [2.05, 4.69) is 20.5 Å². The molecule has 7 nitrogen and oxygen atoms in total. The maximum absolute atomic E-state index is 15.0. The van der Waals surface area contributed by atoms with Crippen LogP contribution in [0.1, 0.15) is 23.0 Å². The minimum Gasteiger partial charge on any atom is -0.393 e. The van der Waals surface area contributed by atoms with Crippen molar-refractivity contribution in [3.8, 4) is 22.5 Å². The van der Waals surface area contributed by atoms with Crippen LogP contribution in [0.15, 0.2) is 72.9 Å². The number of H-pyrrole nitrogens is 1. The molecule has 0 saturated carbocycles. The van der Waals surface area contributed by atoms with Crippen molar-refractivity contribution in [1.29, 1.82) is 0 Å². The van der Waals surface area contributed by atoms with Crippen LogP contribution in [0.3, 0.4) is 0 Å². The summed E-state index contributed by atoms with van der Waals surface area (Å²) < 4.78 is 28.2. The Morgan fingerprint density at radius 3 is 2.57 bits per heavy atom. The third kappa shape index (κ3) is 5.42. The zero-order valence-electron chi connectivity index (χ0n) is 18.9. The van der Waals surface area contributed by atoms with E-state index in [1.54, 1.807) is 42.6 Å². The van der Waals surface area contributed by atoms with E-state index in [1.165, 1.54) is 37.3 Å². The number of aliphatic hydroxyl groups is 2. The molecule has 4 N–H and O–H groups in total. The van der Waals surface area contributed by atoms with Gasteiger partial charge in [0, 0.05) is 18.3 Å². The number of hydrogen-bond donors (Lipinski definition) is 4. The molecular formula is C26H24F2N4O3. The summed E-state index contributed by atoms with van der Waals surface area (Å²) in [6, 6.07) is 15.7. The second-order valence-electron chi connectivity index (χ2n) is 8.40. The quantitative estimate of drug-likeness (QED) is 0.310. The Hall–Kier alpha value is -3.95. The van der Waals surface area contributed by atoms with Gasteiger partial charge in [0.1, 0.15) is 17.2 Å². The molecular weight excluding hydrogens is 454 g/mol. The minimum atomic E-state index is -1.66. The van der Waals surface area contributed by atoms with Crippen LogP contribution in [-0.4, -0.2) is 49.6 Å². The third-order valence-corrected chi connectivity index (χ3v) is 5.76. The van der Waals surface area contributed by atoms with Gasteiger partial charge in [-0.15, -0.1) is 0 Å². The van der Waals surface area contributed by atoms with Gasteiger partial charge in [-0.2, -0.15) is 5.10 Å². The summed E-state index contributed by atoms with van der Waals surface area (Å²) in [5, 5.41) is 30.1. The fourth-order valence-corrected chi connectivity index (χ4v) is 3.70. The molecule has 2 aromatic heterocycles. The first-order valence-corrected chi connectivity index (χ1v) is 10.9. The van der Waals surface area contributed by atoms with Gasteiger partial charge in [0.25, 0.3) is 5.91 Å². The van der Waals surface area contributed by atoms with Gasteiger partial charge < -0.3 is 15.5 Å². The molecule has 0 bridgehead atoms. The summed E-state index contributed by atoms with van der Waals surface area (Å²) in [7, 11) is 0. The maximum Gasteiger partial charge on any atom is 0.252 e. The fourth-order valence-electron chi connectivity index (χ4n) is 3.70. The Balaban J connectivity index is 1.66. The first-order valence-electron chi connectivity index (χ1n) is 10.9. The Morgan fingerprint density at radius 1 is 1.11 bits per heavy atom. The van der Waals surface area contributed by atoms with E-state index in [-0.39, 0.29) is 29.1 Å². The molecule has 0 aliphatic carbocycles. The number of aromatic nitrogens is 3. The highest BCUT2D eigenvalue weighted by atomic mass is 19.1. The van der Waals surface area contributed by atoms with E-state index < -0.39 is 30.0 Å². The van der Waals surface area contributed by atoms with Crippen molar-refractivity contribution in [1.82, 2.24) is 20.5 Å². The highest BCUT2D eigenvalue weighted by Crippen LogP contribution is 2.29. The number of amides is 1. The molecule has 0 radical (unpaired) electrons. The number of carbonyl (C=O) groups is 1. The molecule has 180 valence electrons. The van der Waals surface area contributed by atoms with E-state index in [0.717, 1.165) is 0 Å². The lowest BCUT2D eigenvalue weighted by Crippen LogP contribution is -2.54. The number of pyridine rings is 1. The normalized spacial score (nSPS) is 13.7. The third-order valence-electron chi connectivity index (χ3n) is 5.76. The van der Waals surface area contributed by atoms with Crippen molar-refractivity contribution < 1.29 is 23.8 Å². The SMILES string of the molecule is C[C@@](O)(CO)[C@@H](Cc1ccccn1)NC(=O)c1cccc(F)c1-c1cc(-c2ccc(F)cc2)[nH]n1. The summed E-state index contributed by atoms with van der Waals surface area (Å²) in [5.41, 5.74) is 0.248. The van der Waals surface area contributed by atoms with Gasteiger partial charge in [0.2, 0.25) is 0 Å². The standard InChI is InChI=1S/C26H24F2N4O3/c1-26(35,15-33)23(13-18-5-2-3-12-29-18)30-25(34)19-6-4-7-20(28)24(19)22-14-21(31-32-22)16-8-10-17(27)11-9-16/h2-12,14,23,33,35H,13,15H2,1H3,(H,30,34)(H,31,32)/t23-,26-/m1/s1. The highest BCUT2D eigenvalue weighted by Gasteiger charge is 2.34. The number of rotatable bonds is 8. The molecule has 35 heavy (non-hydrogen) atoms. The van der Waals surface area contributed by atoms with E-state index >= 15 is 0 Å². The average Bonchev–Trinajstić information content (AvgIpc) is 3.34. The molecule has 1 amide bonds. The highest BCUT2D eigenvalue weighted by molar-refractivity contribution is 6.01. The van der Waals surface area contributed by atoms with Gasteiger partial charge in [-0.1, -0.05) is 12.1 Å². The number of halogens is 2. The van der Waals surface area contributed by atoms with Gasteiger partial charge in [0.15, 0.2) is 0 Å². The Kier molecular flexibility index (Phi) is 6.99. The minimum absolute atomic E-state index is 0.00177. The Bertz CT molecular complexity index is 1310. The summed E-state index contributed by atoms with van der Waals surface area (Å²) in [4.78, 5) is 17.5. The van der Waals surface area contributed by atoms with Crippen molar-refractivity contribution in [3.05, 3.63) is 95.8 Å². The van der Waals surface area contributed by atoms with E-state index in [4.69, 9.17) is 0 Å². The summed E-state index contributed by atoms with van der Waals surface area (Å²) >= 11 is 0. The summed E-state index contributed by atoms with van der Waals surface area (Å²) in [6.07, 6.45) is 1.73. The maximum atomic E-state index is 15.0. The summed E-state index contributed by atoms with van der Waals surface area (Å²) in [5.74, 6) is -1.70. The van der Waals surface area contributed by atoms with Crippen molar-refractivity contribution in [2.45, 2.75) is 25.0 Å². The van der Waals surface area contributed by atoms with Crippen LogP contribution in [0.2, 0.25) is 0 Å². The fraction of sp³-hybridized carbons (Fsp3) is 0.192. The molecule has 2 heterocycles. The first-order chi connectivity index (χ1) is 16.8. The molecule has 0 spiro atoms.